The molecule has 0 unspecified atom stereocenters. The molecule has 2 aromatic carbocycles. The van der Waals surface area contributed by atoms with Gasteiger partial charge < -0.3 is 14.6 Å². The second-order valence-electron chi connectivity index (χ2n) is 7.50. The fraction of sp³-hybridized carbons (Fsp3) is 0.292. The van der Waals surface area contributed by atoms with E-state index in [4.69, 9.17) is 16.0 Å². The van der Waals surface area contributed by atoms with Gasteiger partial charge in [0.05, 0.1) is 10.6 Å². The van der Waals surface area contributed by atoms with Crippen LogP contribution in [0, 0.1) is 0 Å². The summed E-state index contributed by atoms with van der Waals surface area (Å²) >= 11 is 6.35. The normalized spacial score (nSPS) is 13.1. The third-order valence-corrected chi connectivity index (χ3v) is 5.66. The Bertz CT molecular complexity index is 1100. The van der Waals surface area contributed by atoms with Crippen LogP contribution in [0.1, 0.15) is 59.2 Å². The molecule has 1 aromatic heterocycles. The van der Waals surface area contributed by atoms with Gasteiger partial charge in [-0.05, 0) is 57.0 Å². The first kappa shape index (κ1) is 21.1. The molecule has 6 nitrogen and oxygen atoms in total. The van der Waals surface area contributed by atoms with Crippen LogP contribution in [-0.2, 0) is 0 Å². The molecule has 0 radical (unpaired) electrons. The number of hydrogen-bond donors (Lipinski definition) is 1. The summed E-state index contributed by atoms with van der Waals surface area (Å²) in [5.74, 6) is 0.796. The number of halogens is 1. The summed E-state index contributed by atoms with van der Waals surface area (Å²) in [5.41, 5.74) is 2.03. The Labute approximate surface area is 186 Å². The van der Waals surface area contributed by atoms with Gasteiger partial charge in [-0.2, -0.15) is 0 Å². The lowest BCUT2D eigenvalue weighted by Crippen LogP contribution is -2.30. The van der Waals surface area contributed by atoms with E-state index in [9.17, 15) is 9.59 Å². The molecule has 0 aliphatic heterocycles. The summed E-state index contributed by atoms with van der Waals surface area (Å²) < 4.78 is 5.96. The minimum atomic E-state index is -0.355. The van der Waals surface area contributed by atoms with Crippen LogP contribution in [0.25, 0.3) is 11.5 Å². The van der Waals surface area contributed by atoms with Crippen molar-refractivity contribution >= 4 is 29.1 Å². The molecule has 0 saturated heterocycles. The number of nitrogens with zero attached hydrogens (tertiary/aromatic N) is 2. The molecule has 4 rings (SSSR count). The Morgan fingerprint density at radius 1 is 1.13 bits per heavy atom. The largest absolute Gasteiger partial charge is 0.440 e. The SMILES string of the molecule is CCN(CC)C(=O)c1ccc(NC(=O)c2nc(-c3ccccc3)oc2C2CC2)cc1Cl. The molecule has 3 aromatic rings. The number of hydrogen-bond acceptors (Lipinski definition) is 4. The lowest BCUT2D eigenvalue weighted by atomic mass is 10.1. The van der Waals surface area contributed by atoms with E-state index < -0.39 is 0 Å². The molecule has 0 atom stereocenters. The van der Waals surface area contributed by atoms with Crippen molar-refractivity contribution in [3.8, 4) is 11.5 Å². The number of nitrogens with one attached hydrogen (secondary N) is 1. The van der Waals surface area contributed by atoms with Gasteiger partial charge in [0.25, 0.3) is 11.8 Å². The molecule has 1 saturated carbocycles. The second kappa shape index (κ2) is 8.94. The van der Waals surface area contributed by atoms with Crippen molar-refractivity contribution in [2.24, 2.45) is 0 Å². The number of aromatic nitrogens is 1. The maximum Gasteiger partial charge on any atom is 0.277 e. The molecule has 0 spiro atoms. The number of rotatable bonds is 7. The van der Waals surface area contributed by atoms with Gasteiger partial charge in [-0.25, -0.2) is 4.98 Å². The van der Waals surface area contributed by atoms with Crippen LogP contribution in [-0.4, -0.2) is 34.8 Å². The van der Waals surface area contributed by atoms with Crippen LogP contribution >= 0.6 is 11.6 Å². The fourth-order valence-electron chi connectivity index (χ4n) is 3.46. The van der Waals surface area contributed by atoms with Crippen LogP contribution in [0.4, 0.5) is 5.69 Å². The first-order chi connectivity index (χ1) is 15.0. The molecular weight excluding hydrogens is 414 g/mol. The average Bonchev–Trinajstić information content (AvgIpc) is 3.53. The number of oxazole rings is 1. The number of carbonyl (C=O) groups excluding carboxylic acids is 2. The highest BCUT2D eigenvalue weighted by Gasteiger charge is 2.34. The van der Waals surface area contributed by atoms with E-state index in [1.54, 1.807) is 23.1 Å². The van der Waals surface area contributed by atoms with Gasteiger partial charge in [-0.3, -0.25) is 9.59 Å². The van der Waals surface area contributed by atoms with Crippen molar-refractivity contribution in [2.75, 3.05) is 18.4 Å². The lowest BCUT2D eigenvalue weighted by Gasteiger charge is -2.19. The van der Waals surface area contributed by atoms with E-state index in [1.165, 1.54) is 0 Å². The standard InChI is InChI=1S/C24H24ClN3O3/c1-3-28(4-2)24(30)18-13-12-17(14-19(18)25)26-22(29)20-21(15-10-11-15)31-23(27-20)16-8-6-5-7-9-16/h5-9,12-15H,3-4,10-11H2,1-2H3,(H,26,29). The molecular formula is C24H24ClN3O3. The van der Waals surface area contributed by atoms with E-state index in [2.05, 4.69) is 10.3 Å². The number of anilines is 1. The Morgan fingerprint density at radius 3 is 2.45 bits per heavy atom. The topological polar surface area (TPSA) is 75.4 Å². The summed E-state index contributed by atoms with van der Waals surface area (Å²) in [6.07, 6.45) is 1.97. The summed E-state index contributed by atoms with van der Waals surface area (Å²) in [7, 11) is 0. The minimum Gasteiger partial charge on any atom is -0.440 e. The maximum absolute atomic E-state index is 13.0. The highest BCUT2D eigenvalue weighted by Crippen LogP contribution is 2.43. The molecule has 0 bridgehead atoms. The molecule has 1 aliphatic carbocycles. The molecule has 1 fully saturated rings. The number of carbonyl (C=O) groups is 2. The molecule has 1 heterocycles. The van der Waals surface area contributed by atoms with E-state index in [1.807, 2.05) is 44.2 Å². The maximum atomic E-state index is 13.0. The van der Waals surface area contributed by atoms with Crippen LogP contribution in [0.15, 0.2) is 52.9 Å². The Hall–Kier alpha value is -3.12. The summed E-state index contributed by atoms with van der Waals surface area (Å²) in [6, 6.07) is 14.4. The van der Waals surface area contributed by atoms with E-state index in [-0.39, 0.29) is 17.7 Å². The summed E-state index contributed by atoms with van der Waals surface area (Å²) in [4.78, 5) is 31.7. The highest BCUT2D eigenvalue weighted by molar-refractivity contribution is 6.34. The monoisotopic (exact) mass is 437 g/mol. The highest BCUT2D eigenvalue weighted by atomic mass is 35.5. The van der Waals surface area contributed by atoms with Gasteiger partial charge in [0.1, 0.15) is 5.76 Å². The number of amides is 2. The van der Waals surface area contributed by atoms with Crippen LogP contribution in [0.5, 0.6) is 0 Å². The zero-order valence-electron chi connectivity index (χ0n) is 17.5. The van der Waals surface area contributed by atoms with E-state index in [0.29, 0.717) is 46.7 Å². The Kier molecular flexibility index (Phi) is 6.09. The second-order valence-corrected chi connectivity index (χ2v) is 7.91. The molecule has 160 valence electrons. The van der Waals surface area contributed by atoms with Gasteiger partial charge in [0.2, 0.25) is 5.89 Å². The van der Waals surface area contributed by atoms with Crippen LogP contribution < -0.4 is 5.32 Å². The zero-order valence-corrected chi connectivity index (χ0v) is 18.3. The third-order valence-electron chi connectivity index (χ3n) is 5.35. The van der Waals surface area contributed by atoms with Gasteiger partial charge >= 0.3 is 0 Å². The van der Waals surface area contributed by atoms with Crippen molar-refractivity contribution in [2.45, 2.75) is 32.6 Å². The van der Waals surface area contributed by atoms with Crippen LogP contribution in [0.3, 0.4) is 0 Å². The smallest absolute Gasteiger partial charge is 0.277 e. The van der Waals surface area contributed by atoms with Crippen molar-refractivity contribution < 1.29 is 14.0 Å². The summed E-state index contributed by atoms with van der Waals surface area (Å²) in [5, 5.41) is 3.13. The first-order valence-corrected chi connectivity index (χ1v) is 10.9. The molecule has 31 heavy (non-hydrogen) atoms. The average molecular weight is 438 g/mol. The van der Waals surface area contributed by atoms with E-state index in [0.717, 1.165) is 18.4 Å². The van der Waals surface area contributed by atoms with Gasteiger partial charge in [-0.15, -0.1) is 0 Å². The molecule has 1 aliphatic rings. The number of benzene rings is 2. The Morgan fingerprint density at radius 2 is 1.84 bits per heavy atom. The van der Waals surface area contributed by atoms with Crippen molar-refractivity contribution in [1.29, 1.82) is 0 Å². The van der Waals surface area contributed by atoms with Gasteiger partial charge in [-0.1, -0.05) is 29.8 Å². The third kappa shape index (κ3) is 4.49. The Balaban J connectivity index is 1.57. The summed E-state index contributed by atoms with van der Waals surface area (Å²) in [6.45, 7) is 5.04. The van der Waals surface area contributed by atoms with Crippen molar-refractivity contribution in [3.63, 3.8) is 0 Å². The quantitative estimate of drug-likeness (QED) is 0.521. The predicted molar refractivity (Wildman–Crippen MR) is 121 cm³/mol. The predicted octanol–water partition coefficient (Wildman–Crippen LogP) is 5.61. The first-order valence-electron chi connectivity index (χ1n) is 10.5. The molecule has 1 N–H and O–H groups in total. The van der Waals surface area contributed by atoms with Gasteiger partial charge in [0, 0.05) is 30.3 Å². The van der Waals surface area contributed by atoms with E-state index >= 15 is 0 Å². The zero-order chi connectivity index (χ0) is 22.0. The lowest BCUT2D eigenvalue weighted by molar-refractivity contribution is 0.0773. The van der Waals surface area contributed by atoms with Crippen LogP contribution in [0.2, 0.25) is 5.02 Å². The van der Waals surface area contributed by atoms with Crippen molar-refractivity contribution in [3.05, 3.63) is 70.6 Å². The van der Waals surface area contributed by atoms with Crippen molar-refractivity contribution in [1.82, 2.24) is 9.88 Å². The molecule has 7 heteroatoms. The minimum absolute atomic E-state index is 0.132. The fourth-order valence-corrected chi connectivity index (χ4v) is 3.72. The molecule has 2 amide bonds. The van der Waals surface area contributed by atoms with Gasteiger partial charge in [0.15, 0.2) is 5.69 Å².